The number of rotatable bonds is 7. The number of unbranched alkanes of at least 4 members (excludes halogenated alkanes) is 2. The molecule has 1 aromatic carbocycles. The summed E-state index contributed by atoms with van der Waals surface area (Å²) in [7, 11) is 0. The van der Waals surface area contributed by atoms with E-state index in [9.17, 15) is 4.79 Å². The van der Waals surface area contributed by atoms with Crippen LogP contribution in [0.25, 0.3) is 0 Å². The van der Waals surface area contributed by atoms with Gasteiger partial charge in [0, 0.05) is 12.5 Å². The van der Waals surface area contributed by atoms with Gasteiger partial charge in [0.2, 0.25) is 0 Å². The summed E-state index contributed by atoms with van der Waals surface area (Å²) in [5.41, 5.74) is 10.4. The van der Waals surface area contributed by atoms with Crippen LogP contribution in [-0.4, -0.2) is 18.6 Å². The van der Waals surface area contributed by atoms with Gasteiger partial charge in [0.1, 0.15) is 0 Å². The standard InChI is InChI=1S/C18H27NO2/c1-2-21-18(20)7-5-3-4-6-14-8-9-15-10-11-17(19)13-16(15)12-14/h8-9,12,17H,2-7,10-11,13,19H2,1H3/t17-/m0/s1. The highest BCUT2D eigenvalue weighted by Gasteiger charge is 2.15. The van der Waals surface area contributed by atoms with Crippen molar-refractivity contribution in [1.29, 1.82) is 0 Å². The number of fused-ring (bicyclic) bond motifs is 1. The molecule has 0 aromatic heterocycles. The summed E-state index contributed by atoms with van der Waals surface area (Å²) in [6, 6.07) is 7.19. The van der Waals surface area contributed by atoms with Crippen molar-refractivity contribution in [3.63, 3.8) is 0 Å². The quantitative estimate of drug-likeness (QED) is 0.619. The van der Waals surface area contributed by atoms with E-state index in [1.54, 1.807) is 0 Å². The molecule has 0 bridgehead atoms. The first-order valence-electron chi connectivity index (χ1n) is 8.21. The molecule has 0 spiro atoms. The Morgan fingerprint density at radius 3 is 2.95 bits per heavy atom. The van der Waals surface area contributed by atoms with Crippen LogP contribution in [0.15, 0.2) is 18.2 Å². The average Bonchev–Trinajstić information content (AvgIpc) is 2.46. The van der Waals surface area contributed by atoms with Gasteiger partial charge in [-0.2, -0.15) is 0 Å². The van der Waals surface area contributed by atoms with Crippen LogP contribution in [0.4, 0.5) is 0 Å². The van der Waals surface area contributed by atoms with Crippen LogP contribution >= 0.6 is 0 Å². The Bertz CT molecular complexity index is 470. The van der Waals surface area contributed by atoms with E-state index in [1.165, 1.54) is 16.7 Å². The van der Waals surface area contributed by atoms with Gasteiger partial charge in [-0.05, 0) is 62.1 Å². The van der Waals surface area contributed by atoms with Gasteiger partial charge in [-0.1, -0.05) is 24.6 Å². The fraction of sp³-hybridized carbons (Fsp3) is 0.611. The molecule has 0 saturated heterocycles. The Morgan fingerprint density at radius 1 is 1.29 bits per heavy atom. The van der Waals surface area contributed by atoms with Crippen molar-refractivity contribution in [1.82, 2.24) is 0 Å². The van der Waals surface area contributed by atoms with Crippen LogP contribution in [0.1, 0.15) is 55.7 Å². The first-order valence-corrected chi connectivity index (χ1v) is 8.21. The lowest BCUT2D eigenvalue weighted by molar-refractivity contribution is -0.143. The molecular weight excluding hydrogens is 262 g/mol. The number of benzene rings is 1. The smallest absolute Gasteiger partial charge is 0.305 e. The molecule has 1 aliphatic rings. The zero-order valence-electron chi connectivity index (χ0n) is 13.1. The van der Waals surface area contributed by atoms with E-state index in [0.29, 0.717) is 19.1 Å². The van der Waals surface area contributed by atoms with Crippen LogP contribution in [0.5, 0.6) is 0 Å². The minimum atomic E-state index is -0.0692. The summed E-state index contributed by atoms with van der Waals surface area (Å²) in [4.78, 5) is 11.2. The van der Waals surface area contributed by atoms with Crippen LogP contribution in [-0.2, 0) is 28.8 Å². The van der Waals surface area contributed by atoms with E-state index in [0.717, 1.165) is 44.9 Å². The average molecular weight is 289 g/mol. The molecule has 0 unspecified atom stereocenters. The Morgan fingerprint density at radius 2 is 2.14 bits per heavy atom. The zero-order chi connectivity index (χ0) is 15.1. The molecule has 116 valence electrons. The molecule has 0 heterocycles. The van der Waals surface area contributed by atoms with Crippen molar-refractivity contribution in [2.75, 3.05) is 6.61 Å². The third-order valence-corrected chi connectivity index (χ3v) is 4.19. The monoisotopic (exact) mass is 289 g/mol. The third-order valence-electron chi connectivity index (χ3n) is 4.19. The molecule has 2 rings (SSSR count). The molecule has 1 atom stereocenters. The molecule has 1 aliphatic carbocycles. The number of esters is 1. The van der Waals surface area contributed by atoms with E-state index < -0.39 is 0 Å². The highest BCUT2D eigenvalue weighted by molar-refractivity contribution is 5.69. The fourth-order valence-electron chi connectivity index (χ4n) is 3.00. The molecule has 0 aliphatic heterocycles. The van der Waals surface area contributed by atoms with Gasteiger partial charge in [0.15, 0.2) is 0 Å². The van der Waals surface area contributed by atoms with E-state index in [1.807, 2.05) is 6.92 Å². The van der Waals surface area contributed by atoms with Crippen molar-refractivity contribution in [2.45, 2.75) is 64.3 Å². The first kappa shape index (κ1) is 16.0. The number of aryl methyl sites for hydroxylation is 2. The number of ether oxygens (including phenoxy) is 1. The highest BCUT2D eigenvalue weighted by atomic mass is 16.5. The van der Waals surface area contributed by atoms with Crippen LogP contribution < -0.4 is 5.73 Å². The second-order valence-corrected chi connectivity index (χ2v) is 5.97. The SMILES string of the molecule is CCOC(=O)CCCCCc1ccc2c(c1)C[C@@H](N)CC2. The first-order chi connectivity index (χ1) is 10.2. The van der Waals surface area contributed by atoms with Gasteiger partial charge < -0.3 is 10.5 Å². The second-order valence-electron chi connectivity index (χ2n) is 5.97. The van der Waals surface area contributed by atoms with E-state index in [4.69, 9.17) is 10.5 Å². The lowest BCUT2D eigenvalue weighted by Gasteiger charge is -2.22. The van der Waals surface area contributed by atoms with Gasteiger partial charge in [0.05, 0.1) is 6.61 Å². The Labute approximate surface area is 127 Å². The summed E-state index contributed by atoms with van der Waals surface area (Å²) in [5.74, 6) is -0.0692. The van der Waals surface area contributed by atoms with Crippen LogP contribution in [0, 0.1) is 0 Å². The van der Waals surface area contributed by atoms with Gasteiger partial charge in [-0.15, -0.1) is 0 Å². The van der Waals surface area contributed by atoms with Gasteiger partial charge >= 0.3 is 5.97 Å². The van der Waals surface area contributed by atoms with Crippen molar-refractivity contribution in [2.24, 2.45) is 5.73 Å². The van der Waals surface area contributed by atoms with Crippen LogP contribution in [0.2, 0.25) is 0 Å². The predicted octanol–water partition coefficient (Wildman–Crippen LogP) is 3.17. The number of carbonyl (C=O) groups is 1. The molecular formula is C18H27NO2. The molecule has 0 saturated carbocycles. The lowest BCUT2D eigenvalue weighted by atomic mass is 9.87. The van der Waals surface area contributed by atoms with Crippen molar-refractivity contribution in [3.05, 3.63) is 34.9 Å². The molecule has 3 nitrogen and oxygen atoms in total. The number of hydrogen-bond acceptors (Lipinski definition) is 3. The predicted molar refractivity (Wildman–Crippen MR) is 85.2 cm³/mol. The Hall–Kier alpha value is -1.35. The summed E-state index contributed by atoms with van der Waals surface area (Å²) in [6.45, 7) is 2.33. The van der Waals surface area contributed by atoms with Crippen molar-refractivity contribution in [3.8, 4) is 0 Å². The minimum Gasteiger partial charge on any atom is -0.466 e. The lowest BCUT2D eigenvalue weighted by Crippen LogP contribution is -2.27. The molecule has 0 fully saturated rings. The molecule has 2 N–H and O–H groups in total. The van der Waals surface area contributed by atoms with E-state index >= 15 is 0 Å². The van der Waals surface area contributed by atoms with Gasteiger partial charge in [0.25, 0.3) is 0 Å². The van der Waals surface area contributed by atoms with Gasteiger partial charge in [-0.3, -0.25) is 4.79 Å². The fourth-order valence-corrected chi connectivity index (χ4v) is 3.00. The second kappa shape index (κ2) is 8.18. The maximum absolute atomic E-state index is 11.2. The summed E-state index contributed by atoms with van der Waals surface area (Å²) in [6.07, 6.45) is 8.02. The summed E-state index contributed by atoms with van der Waals surface area (Å²) >= 11 is 0. The third kappa shape index (κ3) is 5.16. The molecule has 3 heteroatoms. The number of nitrogens with two attached hydrogens (primary N) is 1. The highest BCUT2D eigenvalue weighted by Crippen LogP contribution is 2.22. The minimum absolute atomic E-state index is 0.0692. The molecule has 0 amide bonds. The Balaban J connectivity index is 1.72. The maximum Gasteiger partial charge on any atom is 0.305 e. The Kier molecular flexibility index (Phi) is 6.24. The van der Waals surface area contributed by atoms with Crippen molar-refractivity contribution >= 4 is 5.97 Å². The van der Waals surface area contributed by atoms with E-state index in [2.05, 4.69) is 18.2 Å². The number of carbonyl (C=O) groups excluding carboxylic acids is 1. The summed E-state index contributed by atoms with van der Waals surface area (Å²) < 4.78 is 4.93. The zero-order valence-corrected chi connectivity index (χ0v) is 13.1. The maximum atomic E-state index is 11.2. The molecule has 21 heavy (non-hydrogen) atoms. The van der Waals surface area contributed by atoms with Crippen molar-refractivity contribution < 1.29 is 9.53 Å². The topological polar surface area (TPSA) is 52.3 Å². The van der Waals surface area contributed by atoms with E-state index in [-0.39, 0.29) is 5.97 Å². The van der Waals surface area contributed by atoms with Gasteiger partial charge in [-0.25, -0.2) is 0 Å². The summed E-state index contributed by atoms with van der Waals surface area (Å²) in [5, 5.41) is 0. The number of hydrogen-bond donors (Lipinski definition) is 1. The molecule has 1 aromatic rings. The molecule has 0 radical (unpaired) electrons. The normalized spacial score (nSPS) is 17.3. The largest absolute Gasteiger partial charge is 0.466 e. The van der Waals surface area contributed by atoms with Crippen LogP contribution in [0.3, 0.4) is 0 Å².